The first-order valence-corrected chi connectivity index (χ1v) is 7.50. The van der Waals surface area contributed by atoms with Crippen molar-refractivity contribution in [3.05, 3.63) is 35.7 Å². The van der Waals surface area contributed by atoms with Crippen molar-refractivity contribution in [2.24, 2.45) is 12.8 Å². The van der Waals surface area contributed by atoms with Crippen molar-refractivity contribution in [1.82, 2.24) is 14.8 Å². The van der Waals surface area contributed by atoms with Crippen LogP contribution in [0.3, 0.4) is 0 Å². The highest BCUT2D eigenvalue weighted by molar-refractivity contribution is 7.99. The summed E-state index contributed by atoms with van der Waals surface area (Å²) >= 11 is 1.71. The average molecular weight is 290 g/mol. The van der Waals surface area contributed by atoms with E-state index in [1.807, 2.05) is 13.1 Å². The minimum absolute atomic E-state index is 0.00412. The quantitative estimate of drug-likeness (QED) is 0.935. The molecule has 0 radical (unpaired) electrons. The number of hydrogen-bond acceptors (Lipinski definition) is 5. The zero-order valence-corrected chi connectivity index (χ0v) is 12.4. The molecule has 1 aromatic heterocycles. The number of methoxy groups -OCH3 is 1. The van der Waals surface area contributed by atoms with E-state index in [1.165, 1.54) is 11.1 Å². The van der Waals surface area contributed by atoms with Crippen LogP contribution in [0.5, 0.6) is 5.75 Å². The van der Waals surface area contributed by atoms with Crippen molar-refractivity contribution in [1.29, 1.82) is 0 Å². The smallest absolute Gasteiger partial charge is 0.186 e. The summed E-state index contributed by atoms with van der Waals surface area (Å²) in [4.78, 5) is 4.27. The molecule has 106 valence electrons. The van der Waals surface area contributed by atoms with Crippen LogP contribution in [0.25, 0.3) is 0 Å². The van der Waals surface area contributed by atoms with Gasteiger partial charge in [0.2, 0.25) is 0 Å². The summed E-state index contributed by atoms with van der Waals surface area (Å²) in [6.45, 7) is 0. The van der Waals surface area contributed by atoms with Crippen LogP contribution in [0, 0.1) is 0 Å². The van der Waals surface area contributed by atoms with Crippen molar-refractivity contribution in [3.63, 3.8) is 0 Å². The summed E-state index contributed by atoms with van der Waals surface area (Å²) in [5.41, 5.74) is 8.96. The molecule has 6 heteroatoms. The molecule has 20 heavy (non-hydrogen) atoms. The molecule has 3 rings (SSSR count). The van der Waals surface area contributed by atoms with Gasteiger partial charge in [0.15, 0.2) is 5.16 Å². The van der Waals surface area contributed by atoms with Gasteiger partial charge in [-0.05, 0) is 36.1 Å². The molecule has 2 N–H and O–H groups in total. The van der Waals surface area contributed by atoms with Crippen LogP contribution in [0.15, 0.2) is 29.7 Å². The largest absolute Gasteiger partial charge is 0.497 e. The van der Waals surface area contributed by atoms with Crippen LogP contribution in [0.1, 0.15) is 23.6 Å². The Labute approximate surface area is 122 Å². The molecule has 5 nitrogen and oxygen atoms in total. The van der Waals surface area contributed by atoms with E-state index in [0.29, 0.717) is 5.25 Å². The highest BCUT2D eigenvalue weighted by atomic mass is 32.2. The zero-order valence-electron chi connectivity index (χ0n) is 11.6. The summed E-state index contributed by atoms with van der Waals surface area (Å²) in [6.07, 6.45) is 3.67. The highest BCUT2D eigenvalue weighted by Gasteiger charge is 2.29. The first kappa shape index (κ1) is 13.5. The van der Waals surface area contributed by atoms with Crippen molar-refractivity contribution < 1.29 is 4.74 Å². The van der Waals surface area contributed by atoms with Gasteiger partial charge in [-0.1, -0.05) is 17.8 Å². The van der Waals surface area contributed by atoms with Gasteiger partial charge < -0.3 is 10.5 Å². The standard InChI is InChI=1S/C14H18N4OS/c1-18-14(16-8-17-18)20-12-6-4-9-3-5-10(19-2)7-11(9)13(12)15/h3,5,7-8,12-13H,4,6,15H2,1-2H3. The molecule has 1 aliphatic carbocycles. The number of hydrogen-bond donors (Lipinski definition) is 1. The molecule has 0 saturated heterocycles. The van der Waals surface area contributed by atoms with Crippen molar-refractivity contribution in [2.45, 2.75) is 29.3 Å². The van der Waals surface area contributed by atoms with E-state index in [0.717, 1.165) is 23.7 Å². The number of fused-ring (bicyclic) bond motifs is 1. The number of nitrogens with two attached hydrogens (primary N) is 1. The van der Waals surface area contributed by atoms with Crippen LogP contribution in [0.4, 0.5) is 0 Å². The van der Waals surface area contributed by atoms with Gasteiger partial charge in [0.05, 0.1) is 7.11 Å². The fraction of sp³-hybridized carbons (Fsp3) is 0.429. The Bertz CT molecular complexity index is 613. The molecule has 0 amide bonds. The number of benzene rings is 1. The van der Waals surface area contributed by atoms with Gasteiger partial charge in [-0.15, -0.1) is 0 Å². The third-order valence-electron chi connectivity index (χ3n) is 3.74. The Morgan fingerprint density at radius 1 is 1.45 bits per heavy atom. The summed E-state index contributed by atoms with van der Waals surface area (Å²) < 4.78 is 7.09. The van der Waals surface area contributed by atoms with Crippen LogP contribution in [-0.2, 0) is 13.5 Å². The zero-order chi connectivity index (χ0) is 14.1. The summed E-state index contributed by atoms with van der Waals surface area (Å²) in [6, 6.07) is 6.18. The van der Waals surface area contributed by atoms with Crippen LogP contribution >= 0.6 is 11.8 Å². The van der Waals surface area contributed by atoms with Gasteiger partial charge in [-0.25, -0.2) is 9.67 Å². The van der Waals surface area contributed by atoms with Gasteiger partial charge in [0.25, 0.3) is 0 Å². The van der Waals surface area contributed by atoms with E-state index in [-0.39, 0.29) is 6.04 Å². The number of rotatable bonds is 3. The second-order valence-corrected chi connectivity index (χ2v) is 6.16. The van der Waals surface area contributed by atoms with E-state index in [2.05, 4.69) is 22.2 Å². The Morgan fingerprint density at radius 3 is 3.00 bits per heavy atom. The number of aromatic nitrogens is 3. The number of thioether (sulfide) groups is 1. The summed E-state index contributed by atoms with van der Waals surface area (Å²) in [7, 11) is 3.59. The van der Waals surface area contributed by atoms with Gasteiger partial charge in [0.1, 0.15) is 12.1 Å². The maximum atomic E-state index is 6.45. The minimum atomic E-state index is -0.00412. The number of ether oxygens (including phenoxy) is 1. The second-order valence-electron chi connectivity index (χ2n) is 4.95. The summed E-state index contributed by atoms with van der Waals surface area (Å²) in [5, 5.41) is 5.33. The predicted octanol–water partition coefficient (Wildman–Crippen LogP) is 1.93. The van der Waals surface area contributed by atoms with Crippen LogP contribution in [0.2, 0.25) is 0 Å². The Kier molecular flexibility index (Phi) is 3.67. The van der Waals surface area contributed by atoms with Crippen molar-refractivity contribution >= 4 is 11.8 Å². The second kappa shape index (κ2) is 5.46. The minimum Gasteiger partial charge on any atom is -0.497 e. The summed E-state index contributed by atoms with van der Waals surface area (Å²) in [5.74, 6) is 0.864. The Hall–Kier alpha value is -1.53. The molecule has 1 heterocycles. The molecular weight excluding hydrogens is 272 g/mol. The first-order chi connectivity index (χ1) is 9.69. The molecule has 0 bridgehead atoms. The van der Waals surface area contributed by atoms with Gasteiger partial charge >= 0.3 is 0 Å². The predicted molar refractivity (Wildman–Crippen MR) is 78.9 cm³/mol. The third kappa shape index (κ3) is 2.41. The molecule has 0 fully saturated rings. The van der Waals surface area contributed by atoms with Gasteiger partial charge in [-0.2, -0.15) is 5.10 Å². The Morgan fingerprint density at radius 2 is 2.30 bits per heavy atom. The number of nitrogens with zero attached hydrogens (tertiary/aromatic N) is 3. The topological polar surface area (TPSA) is 66.0 Å². The van der Waals surface area contributed by atoms with Crippen LogP contribution < -0.4 is 10.5 Å². The molecule has 1 aromatic carbocycles. The highest BCUT2D eigenvalue weighted by Crippen LogP contribution is 2.39. The molecule has 2 unspecified atom stereocenters. The molecule has 2 atom stereocenters. The van der Waals surface area contributed by atoms with Crippen LogP contribution in [-0.4, -0.2) is 27.1 Å². The molecular formula is C14H18N4OS. The number of aryl methyl sites for hydroxylation is 2. The van der Waals surface area contributed by atoms with Crippen molar-refractivity contribution in [2.75, 3.05) is 7.11 Å². The van der Waals surface area contributed by atoms with E-state index in [9.17, 15) is 0 Å². The van der Waals surface area contributed by atoms with E-state index < -0.39 is 0 Å². The lowest BCUT2D eigenvalue weighted by atomic mass is 9.87. The molecule has 2 aromatic rings. The van der Waals surface area contributed by atoms with E-state index in [4.69, 9.17) is 10.5 Å². The molecule has 1 aliphatic rings. The Balaban J connectivity index is 1.84. The fourth-order valence-corrected chi connectivity index (χ4v) is 3.68. The fourth-order valence-electron chi connectivity index (χ4n) is 2.58. The van der Waals surface area contributed by atoms with Gasteiger partial charge in [0, 0.05) is 18.3 Å². The lowest BCUT2D eigenvalue weighted by molar-refractivity contribution is 0.412. The molecule has 0 aliphatic heterocycles. The lowest BCUT2D eigenvalue weighted by Crippen LogP contribution is -2.29. The maximum absolute atomic E-state index is 6.45. The molecule has 0 saturated carbocycles. The SMILES string of the molecule is COc1ccc2c(c1)C(N)C(Sc1ncnn1C)CC2. The van der Waals surface area contributed by atoms with Crippen molar-refractivity contribution in [3.8, 4) is 5.75 Å². The lowest BCUT2D eigenvalue weighted by Gasteiger charge is -2.30. The average Bonchev–Trinajstić information content (AvgIpc) is 2.87. The van der Waals surface area contributed by atoms with E-state index in [1.54, 1.807) is 29.9 Å². The first-order valence-electron chi connectivity index (χ1n) is 6.62. The molecule has 0 spiro atoms. The van der Waals surface area contributed by atoms with Gasteiger partial charge in [-0.3, -0.25) is 0 Å². The normalized spacial score (nSPS) is 21.6. The maximum Gasteiger partial charge on any atom is 0.186 e. The van der Waals surface area contributed by atoms with E-state index >= 15 is 0 Å². The monoisotopic (exact) mass is 290 g/mol. The third-order valence-corrected chi connectivity index (χ3v) is 5.15.